The van der Waals surface area contributed by atoms with Crippen LogP contribution in [-0.4, -0.2) is 64.0 Å². The zero-order valence-electron chi connectivity index (χ0n) is 12.8. The number of rotatable bonds is 5. The molecule has 0 aromatic carbocycles. The first-order valence-corrected chi connectivity index (χ1v) is 7.25. The van der Waals surface area contributed by atoms with Crippen LogP contribution in [0.1, 0.15) is 25.5 Å². The molecule has 0 radical (unpaired) electrons. The summed E-state index contributed by atoms with van der Waals surface area (Å²) in [6, 6.07) is 0. The molecule has 0 bridgehead atoms. The molecule has 1 aromatic rings. The summed E-state index contributed by atoms with van der Waals surface area (Å²) < 4.78 is 1.62. The minimum absolute atomic E-state index is 0.0148. The van der Waals surface area contributed by atoms with Gasteiger partial charge in [0, 0.05) is 45.7 Å². The van der Waals surface area contributed by atoms with Gasteiger partial charge in [-0.2, -0.15) is 5.10 Å². The quantitative estimate of drug-likeness (QED) is 0.631. The molecule has 0 amide bonds. The summed E-state index contributed by atoms with van der Waals surface area (Å²) in [5, 5.41) is 24.8. The lowest BCUT2D eigenvalue weighted by atomic mass is 10.1. The highest BCUT2D eigenvalue weighted by Crippen LogP contribution is 2.35. The van der Waals surface area contributed by atoms with Crippen molar-refractivity contribution < 1.29 is 10.0 Å². The molecule has 0 aliphatic carbocycles. The first-order valence-electron chi connectivity index (χ1n) is 7.25. The predicted octanol–water partition coefficient (Wildman–Crippen LogP) is 0.566. The normalized spacial score (nSPS) is 16.7. The fourth-order valence-corrected chi connectivity index (χ4v) is 2.77. The maximum absolute atomic E-state index is 11.5. The molecule has 21 heavy (non-hydrogen) atoms. The lowest BCUT2D eigenvalue weighted by molar-refractivity contribution is -0.385. The molecular formula is C13H23N5O3. The maximum atomic E-state index is 11.5. The van der Waals surface area contributed by atoms with E-state index >= 15 is 0 Å². The van der Waals surface area contributed by atoms with Crippen molar-refractivity contribution in [1.82, 2.24) is 14.7 Å². The lowest BCUT2D eigenvalue weighted by Gasteiger charge is -2.34. The van der Waals surface area contributed by atoms with Crippen LogP contribution in [-0.2, 0) is 7.05 Å². The van der Waals surface area contributed by atoms with Gasteiger partial charge in [-0.3, -0.25) is 15.0 Å². The predicted molar refractivity (Wildman–Crippen MR) is 79.7 cm³/mol. The molecule has 1 aliphatic heterocycles. The topological polar surface area (TPSA) is 87.7 Å². The number of hydrogen-bond acceptors (Lipinski definition) is 6. The molecule has 1 aromatic heterocycles. The van der Waals surface area contributed by atoms with E-state index in [2.05, 4.69) is 10.00 Å². The molecule has 0 saturated carbocycles. The molecule has 0 spiro atoms. The minimum Gasteiger partial charge on any atom is -0.395 e. The maximum Gasteiger partial charge on any atom is 0.334 e. The molecule has 8 nitrogen and oxygen atoms in total. The SMILES string of the molecule is CC(C)c1nn(C)c(N2CCN(CCO)CC2)c1[N+](=O)[O-]. The molecular weight excluding hydrogens is 274 g/mol. The monoisotopic (exact) mass is 297 g/mol. The Labute approximate surface area is 124 Å². The average molecular weight is 297 g/mol. The molecule has 0 unspecified atom stereocenters. The summed E-state index contributed by atoms with van der Waals surface area (Å²) >= 11 is 0. The average Bonchev–Trinajstić information content (AvgIpc) is 2.78. The zero-order chi connectivity index (χ0) is 15.6. The molecule has 8 heteroatoms. The van der Waals surface area contributed by atoms with Crippen LogP contribution in [0, 0.1) is 10.1 Å². The second kappa shape index (κ2) is 6.40. The number of nitro groups is 1. The van der Waals surface area contributed by atoms with Crippen molar-refractivity contribution in [2.75, 3.05) is 44.2 Å². The molecule has 118 valence electrons. The van der Waals surface area contributed by atoms with Crippen LogP contribution in [0.15, 0.2) is 0 Å². The smallest absolute Gasteiger partial charge is 0.334 e. The van der Waals surface area contributed by atoms with E-state index in [1.807, 2.05) is 18.7 Å². The number of aromatic nitrogens is 2. The molecule has 1 N–H and O–H groups in total. The summed E-state index contributed by atoms with van der Waals surface area (Å²) in [6.45, 7) is 7.62. The van der Waals surface area contributed by atoms with Gasteiger partial charge in [0.25, 0.3) is 0 Å². The first kappa shape index (κ1) is 15.7. The van der Waals surface area contributed by atoms with E-state index in [1.54, 1.807) is 11.7 Å². The number of hydrogen-bond donors (Lipinski definition) is 1. The number of aliphatic hydroxyl groups is 1. The number of aryl methyl sites for hydroxylation is 1. The van der Waals surface area contributed by atoms with Gasteiger partial charge in [0.15, 0.2) is 0 Å². The van der Waals surface area contributed by atoms with Crippen LogP contribution in [0.5, 0.6) is 0 Å². The Kier molecular flexibility index (Phi) is 4.79. The van der Waals surface area contributed by atoms with Crippen LogP contribution in [0.25, 0.3) is 0 Å². The Morgan fingerprint density at radius 2 is 1.95 bits per heavy atom. The molecule has 2 rings (SSSR count). The highest BCUT2D eigenvalue weighted by Gasteiger charge is 2.33. The van der Waals surface area contributed by atoms with Gasteiger partial charge in [-0.25, -0.2) is 4.68 Å². The van der Waals surface area contributed by atoms with Gasteiger partial charge in [0.2, 0.25) is 5.82 Å². The van der Waals surface area contributed by atoms with Crippen molar-refractivity contribution in [3.63, 3.8) is 0 Å². The molecule has 1 fully saturated rings. The Balaban J connectivity index is 2.26. The van der Waals surface area contributed by atoms with Gasteiger partial charge in [-0.15, -0.1) is 0 Å². The Hall–Kier alpha value is -1.67. The van der Waals surface area contributed by atoms with E-state index < -0.39 is 0 Å². The molecule has 0 atom stereocenters. The summed E-state index contributed by atoms with van der Waals surface area (Å²) in [6.07, 6.45) is 0. The highest BCUT2D eigenvalue weighted by molar-refractivity contribution is 5.62. The summed E-state index contributed by atoms with van der Waals surface area (Å²) in [5.41, 5.74) is 0.665. The second-order valence-electron chi connectivity index (χ2n) is 5.65. The summed E-state index contributed by atoms with van der Waals surface area (Å²) in [7, 11) is 1.76. The highest BCUT2D eigenvalue weighted by atomic mass is 16.6. The third-order valence-electron chi connectivity index (χ3n) is 3.84. The van der Waals surface area contributed by atoms with Crippen molar-refractivity contribution in [2.45, 2.75) is 19.8 Å². The number of piperazine rings is 1. The van der Waals surface area contributed by atoms with E-state index in [0.29, 0.717) is 31.1 Å². The zero-order valence-corrected chi connectivity index (χ0v) is 12.8. The second-order valence-corrected chi connectivity index (χ2v) is 5.65. The van der Waals surface area contributed by atoms with Gasteiger partial charge in [-0.05, 0) is 0 Å². The number of nitrogens with zero attached hydrogens (tertiary/aromatic N) is 5. The number of aliphatic hydroxyl groups excluding tert-OH is 1. The minimum atomic E-state index is -0.322. The first-order chi connectivity index (χ1) is 9.95. The van der Waals surface area contributed by atoms with Crippen molar-refractivity contribution in [2.24, 2.45) is 7.05 Å². The van der Waals surface area contributed by atoms with E-state index in [0.717, 1.165) is 13.1 Å². The fraction of sp³-hybridized carbons (Fsp3) is 0.769. The van der Waals surface area contributed by atoms with Gasteiger partial charge in [0.05, 0.1) is 11.5 Å². The third-order valence-corrected chi connectivity index (χ3v) is 3.84. The fourth-order valence-electron chi connectivity index (χ4n) is 2.77. The third kappa shape index (κ3) is 3.16. The van der Waals surface area contributed by atoms with Crippen LogP contribution in [0.2, 0.25) is 0 Å². The van der Waals surface area contributed by atoms with Crippen LogP contribution < -0.4 is 4.90 Å². The lowest BCUT2D eigenvalue weighted by Crippen LogP contribution is -2.47. The molecule has 2 heterocycles. The van der Waals surface area contributed by atoms with Crippen molar-refractivity contribution in [3.05, 3.63) is 15.8 Å². The Morgan fingerprint density at radius 3 is 2.43 bits per heavy atom. The Bertz CT molecular complexity index is 506. The van der Waals surface area contributed by atoms with E-state index in [-0.39, 0.29) is 23.1 Å². The largest absolute Gasteiger partial charge is 0.395 e. The molecule has 1 aliphatic rings. The van der Waals surface area contributed by atoms with Gasteiger partial charge < -0.3 is 10.0 Å². The van der Waals surface area contributed by atoms with Crippen LogP contribution in [0.4, 0.5) is 11.5 Å². The van der Waals surface area contributed by atoms with E-state index in [1.165, 1.54) is 0 Å². The van der Waals surface area contributed by atoms with Gasteiger partial charge in [-0.1, -0.05) is 13.8 Å². The standard InChI is InChI=1S/C13H23N5O3/c1-10(2)11-12(18(20)21)13(15(3)14-11)17-6-4-16(5-7-17)8-9-19/h10,19H,4-9H2,1-3H3. The van der Waals surface area contributed by atoms with Crippen molar-refractivity contribution in [1.29, 1.82) is 0 Å². The summed E-state index contributed by atoms with van der Waals surface area (Å²) in [5.74, 6) is 0.605. The van der Waals surface area contributed by atoms with Crippen molar-refractivity contribution >= 4 is 11.5 Å². The summed E-state index contributed by atoms with van der Waals surface area (Å²) in [4.78, 5) is 15.3. The van der Waals surface area contributed by atoms with Crippen molar-refractivity contribution in [3.8, 4) is 0 Å². The van der Waals surface area contributed by atoms with E-state index in [9.17, 15) is 10.1 Å². The van der Waals surface area contributed by atoms with Gasteiger partial charge in [0.1, 0.15) is 5.69 Å². The van der Waals surface area contributed by atoms with Crippen LogP contribution in [0.3, 0.4) is 0 Å². The van der Waals surface area contributed by atoms with Crippen LogP contribution >= 0.6 is 0 Å². The Morgan fingerprint density at radius 1 is 1.33 bits per heavy atom. The van der Waals surface area contributed by atoms with E-state index in [4.69, 9.17) is 5.11 Å². The number of anilines is 1. The molecule has 1 saturated heterocycles. The van der Waals surface area contributed by atoms with Gasteiger partial charge >= 0.3 is 5.69 Å². The number of β-amino-alcohol motifs (C(OH)–C–C–N with tert-alkyl or cyclic N) is 1.